The van der Waals surface area contributed by atoms with Gasteiger partial charge < -0.3 is 9.47 Å². The molecule has 0 fully saturated rings. The molecule has 0 heterocycles. The standard InChI is InChI=1S/C19H21BrO3/c1-13(2)12-18(14-4-8-16(20)9-5-14)23-17-10-6-15(7-11-17)19(21)22-3/h4-11,13,18H,12H2,1-3H3/t18-/m0/s1. The van der Waals surface area contributed by atoms with Gasteiger partial charge in [-0.15, -0.1) is 0 Å². The third kappa shape index (κ3) is 5.10. The first-order valence-electron chi connectivity index (χ1n) is 7.60. The van der Waals surface area contributed by atoms with Crippen LogP contribution in [0.3, 0.4) is 0 Å². The van der Waals surface area contributed by atoms with Crippen LogP contribution < -0.4 is 4.74 Å². The van der Waals surface area contributed by atoms with Crippen molar-refractivity contribution in [2.45, 2.75) is 26.4 Å². The summed E-state index contributed by atoms with van der Waals surface area (Å²) in [4.78, 5) is 11.5. The van der Waals surface area contributed by atoms with Crippen LogP contribution in [0.15, 0.2) is 53.0 Å². The number of methoxy groups -OCH3 is 1. The Hall–Kier alpha value is -1.81. The van der Waals surface area contributed by atoms with Gasteiger partial charge in [-0.2, -0.15) is 0 Å². The fourth-order valence-corrected chi connectivity index (χ4v) is 2.57. The molecule has 23 heavy (non-hydrogen) atoms. The summed E-state index contributed by atoms with van der Waals surface area (Å²) in [6.45, 7) is 4.35. The van der Waals surface area contributed by atoms with Gasteiger partial charge in [0.1, 0.15) is 11.9 Å². The van der Waals surface area contributed by atoms with Crippen LogP contribution in [0.1, 0.15) is 42.3 Å². The van der Waals surface area contributed by atoms with Crippen LogP contribution in [0.2, 0.25) is 0 Å². The number of halogens is 1. The smallest absolute Gasteiger partial charge is 0.337 e. The fraction of sp³-hybridized carbons (Fsp3) is 0.316. The summed E-state index contributed by atoms with van der Waals surface area (Å²) >= 11 is 3.46. The summed E-state index contributed by atoms with van der Waals surface area (Å²) in [5.41, 5.74) is 1.66. The van der Waals surface area contributed by atoms with Crippen LogP contribution in [0.5, 0.6) is 5.75 Å². The zero-order valence-corrected chi connectivity index (χ0v) is 15.2. The molecule has 0 saturated heterocycles. The van der Waals surface area contributed by atoms with Gasteiger partial charge in [0.05, 0.1) is 12.7 Å². The van der Waals surface area contributed by atoms with Crippen LogP contribution in [-0.4, -0.2) is 13.1 Å². The highest BCUT2D eigenvalue weighted by Gasteiger charge is 2.16. The molecular weight excluding hydrogens is 356 g/mol. The van der Waals surface area contributed by atoms with Crippen LogP contribution in [0.25, 0.3) is 0 Å². The Bertz CT molecular complexity index is 633. The van der Waals surface area contributed by atoms with E-state index < -0.39 is 0 Å². The Morgan fingerprint density at radius 2 is 1.65 bits per heavy atom. The van der Waals surface area contributed by atoms with E-state index in [0.717, 1.165) is 22.2 Å². The highest BCUT2D eigenvalue weighted by molar-refractivity contribution is 9.10. The molecule has 0 spiro atoms. The van der Waals surface area contributed by atoms with Gasteiger partial charge in [-0.1, -0.05) is 41.9 Å². The molecule has 122 valence electrons. The Kier molecular flexibility index (Phi) is 6.22. The van der Waals surface area contributed by atoms with Gasteiger partial charge in [-0.25, -0.2) is 4.79 Å². The van der Waals surface area contributed by atoms with Crippen molar-refractivity contribution >= 4 is 21.9 Å². The monoisotopic (exact) mass is 376 g/mol. The fourth-order valence-electron chi connectivity index (χ4n) is 2.31. The highest BCUT2D eigenvalue weighted by Crippen LogP contribution is 2.29. The lowest BCUT2D eigenvalue weighted by atomic mass is 9.99. The number of rotatable bonds is 6. The van der Waals surface area contributed by atoms with Crippen molar-refractivity contribution < 1.29 is 14.3 Å². The molecule has 0 amide bonds. The van der Waals surface area contributed by atoms with E-state index in [1.165, 1.54) is 7.11 Å². The van der Waals surface area contributed by atoms with Crippen molar-refractivity contribution in [3.05, 3.63) is 64.1 Å². The van der Waals surface area contributed by atoms with E-state index in [9.17, 15) is 4.79 Å². The molecule has 0 N–H and O–H groups in total. The maximum Gasteiger partial charge on any atom is 0.337 e. The van der Waals surface area contributed by atoms with E-state index in [4.69, 9.17) is 9.47 Å². The second kappa shape index (κ2) is 8.16. The zero-order chi connectivity index (χ0) is 16.8. The summed E-state index contributed by atoms with van der Waals surface area (Å²) < 4.78 is 11.9. The lowest BCUT2D eigenvalue weighted by Gasteiger charge is -2.21. The first-order valence-corrected chi connectivity index (χ1v) is 8.39. The minimum absolute atomic E-state index is 0.0212. The third-order valence-corrected chi connectivity index (χ3v) is 4.01. The second-order valence-corrected chi connectivity index (χ2v) is 6.72. The van der Waals surface area contributed by atoms with E-state index >= 15 is 0 Å². The lowest BCUT2D eigenvalue weighted by molar-refractivity contribution is 0.0600. The van der Waals surface area contributed by atoms with Gasteiger partial charge >= 0.3 is 5.97 Å². The van der Waals surface area contributed by atoms with E-state index in [0.29, 0.717) is 11.5 Å². The van der Waals surface area contributed by atoms with Gasteiger partial charge in [0, 0.05) is 4.47 Å². The van der Waals surface area contributed by atoms with Gasteiger partial charge in [0.15, 0.2) is 0 Å². The van der Waals surface area contributed by atoms with Crippen LogP contribution in [-0.2, 0) is 4.74 Å². The largest absolute Gasteiger partial charge is 0.486 e. The second-order valence-electron chi connectivity index (χ2n) is 5.80. The average molecular weight is 377 g/mol. The number of carbonyl (C=O) groups excluding carboxylic acids is 1. The normalized spacial score (nSPS) is 12.0. The summed E-state index contributed by atoms with van der Waals surface area (Å²) in [6, 6.07) is 15.2. The maximum absolute atomic E-state index is 11.5. The van der Waals surface area contributed by atoms with Crippen molar-refractivity contribution in [3.63, 3.8) is 0 Å². The number of esters is 1. The van der Waals surface area contributed by atoms with Crippen LogP contribution >= 0.6 is 15.9 Å². The third-order valence-electron chi connectivity index (χ3n) is 3.48. The van der Waals surface area contributed by atoms with Crippen LogP contribution in [0, 0.1) is 5.92 Å². The molecule has 0 aliphatic heterocycles. The minimum atomic E-state index is -0.344. The molecule has 2 aromatic rings. The maximum atomic E-state index is 11.5. The summed E-state index contributed by atoms with van der Waals surface area (Å²) in [5, 5.41) is 0. The first kappa shape index (κ1) is 17.5. The van der Waals surface area contributed by atoms with Crippen LogP contribution in [0.4, 0.5) is 0 Å². The van der Waals surface area contributed by atoms with Crippen molar-refractivity contribution in [1.29, 1.82) is 0 Å². The van der Waals surface area contributed by atoms with Crippen molar-refractivity contribution in [3.8, 4) is 5.75 Å². The van der Waals surface area contributed by atoms with E-state index in [-0.39, 0.29) is 12.1 Å². The number of hydrogen-bond acceptors (Lipinski definition) is 3. The number of hydrogen-bond donors (Lipinski definition) is 0. The van der Waals surface area contributed by atoms with Crippen molar-refractivity contribution in [1.82, 2.24) is 0 Å². The predicted molar refractivity (Wildman–Crippen MR) is 94.7 cm³/mol. The molecular formula is C19H21BrO3. The van der Waals surface area contributed by atoms with E-state index in [1.807, 2.05) is 12.1 Å². The number of benzene rings is 2. The van der Waals surface area contributed by atoms with Gasteiger partial charge in [-0.05, 0) is 54.3 Å². The summed E-state index contributed by atoms with van der Waals surface area (Å²) in [5.74, 6) is 0.910. The van der Waals surface area contributed by atoms with Gasteiger partial charge in [0.25, 0.3) is 0 Å². The predicted octanol–water partition coefficient (Wildman–Crippen LogP) is 5.40. The summed E-state index contributed by atoms with van der Waals surface area (Å²) in [7, 11) is 1.37. The number of ether oxygens (including phenoxy) is 2. The van der Waals surface area contributed by atoms with E-state index in [1.54, 1.807) is 24.3 Å². The lowest BCUT2D eigenvalue weighted by Crippen LogP contribution is -2.11. The molecule has 0 aliphatic rings. The first-order chi connectivity index (χ1) is 11.0. The average Bonchev–Trinajstić information content (AvgIpc) is 2.54. The van der Waals surface area contributed by atoms with Crippen molar-refractivity contribution in [2.75, 3.05) is 7.11 Å². The molecule has 4 heteroatoms. The molecule has 1 atom stereocenters. The van der Waals surface area contributed by atoms with Gasteiger partial charge in [0.2, 0.25) is 0 Å². The molecule has 0 aromatic heterocycles. The molecule has 2 aromatic carbocycles. The van der Waals surface area contributed by atoms with Crippen molar-refractivity contribution in [2.24, 2.45) is 5.92 Å². The SMILES string of the molecule is COC(=O)c1ccc(O[C@@H](CC(C)C)c2ccc(Br)cc2)cc1. The quantitative estimate of drug-likeness (QED) is 0.632. The Balaban J connectivity index is 2.17. The summed E-state index contributed by atoms with van der Waals surface area (Å²) in [6.07, 6.45) is 0.896. The Morgan fingerprint density at radius 1 is 1.04 bits per heavy atom. The molecule has 2 rings (SSSR count). The highest BCUT2D eigenvalue weighted by atomic mass is 79.9. The molecule has 0 saturated carbocycles. The Morgan fingerprint density at radius 3 is 2.17 bits per heavy atom. The number of carbonyl (C=O) groups is 1. The Labute approximate surface area is 145 Å². The topological polar surface area (TPSA) is 35.5 Å². The molecule has 3 nitrogen and oxygen atoms in total. The minimum Gasteiger partial charge on any atom is -0.486 e. The molecule has 0 bridgehead atoms. The van der Waals surface area contributed by atoms with E-state index in [2.05, 4.69) is 41.9 Å². The molecule has 0 unspecified atom stereocenters. The van der Waals surface area contributed by atoms with Gasteiger partial charge in [-0.3, -0.25) is 0 Å². The zero-order valence-electron chi connectivity index (χ0n) is 13.6. The molecule has 0 aliphatic carbocycles. The molecule has 0 radical (unpaired) electrons.